The maximum atomic E-state index is 10.8. The highest BCUT2D eigenvalue weighted by Gasteiger charge is 2.17. The second-order valence-corrected chi connectivity index (χ2v) is 3.64. The van der Waals surface area contributed by atoms with E-state index >= 15 is 0 Å². The first kappa shape index (κ1) is 14.9. The number of rotatable bonds is 8. The fourth-order valence-corrected chi connectivity index (χ4v) is 1.48. The number of nitrogens with two attached hydrogens (primary N) is 1. The van der Waals surface area contributed by atoms with E-state index in [4.69, 9.17) is 15.6 Å². The summed E-state index contributed by atoms with van der Waals surface area (Å²) >= 11 is 0. The van der Waals surface area contributed by atoms with Gasteiger partial charge in [-0.3, -0.25) is 0 Å². The van der Waals surface area contributed by atoms with Crippen LogP contribution in [-0.4, -0.2) is 39.0 Å². The normalized spacial score (nSPS) is 12.7. The second kappa shape index (κ2) is 7.34. The molecule has 1 rings (SSSR count). The van der Waals surface area contributed by atoms with Gasteiger partial charge in [-0.1, -0.05) is 0 Å². The van der Waals surface area contributed by atoms with E-state index in [0.717, 1.165) is 0 Å². The van der Waals surface area contributed by atoms with E-state index < -0.39 is 11.2 Å². The van der Waals surface area contributed by atoms with Crippen molar-refractivity contribution in [3.63, 3.8) is 0 Å². The highest BCUT2D eigenvalue weighted by atomic mass is 16.6. The third-order valence-corrected chi connectivity index (χ3v) is 2.40. The molecule has 1 aromatic heterocycles. The highest BCUT2D eigenvalue weighted by Crippen LogP contribution is 2.13. The summed E-state index contributed by atoms with van der Waals surface area (Å²) in [6, 6.07) is 0. The molecule has 4 N–H and O–H groups in total. The molecule has 9 heteroatoms. The predicted molar refractivity (Wildman–Crippen MR) is 66.9 cm³/mol. The van der Waals surface area contributed by atoms with Gasteiger partial charge in [-0.2, -0.15) is 0 Å². The Balaban J connectivity index is 2.52. The third kappa shape index (κ3) is 4.23. The number of hydrogen-bond acceptors (Lipinski definition) is 7. The van der Waals surface area contributed by atoms with Crippen LogP contribution in [0.5, 0.6) is 0 Å². The Kier molecular flexibility index (Phi) is 5.76. The molecule has 0 aliphatic rings. The van der Waals surface area contributed by atoms with Crippen LogP contribution in [0.3, 0.4) is 0 Å². The monoisotopic (exact) mass is 271 g/mol. The molecule has 1 atom stereocenters. The number of ether oxygens (including phenoxy) is 1. The number of hydrogen-bond donors (Lipinski definition) is 3. The van der Waals surface area contributed by atoms with Crippen molar-refractivity contribution in [1.82, 2.24) is 14.9 Å². The molecule has 0 spiro atoms. The number of aliphatic hydroxyl groups is 1. The van der Waals surface area contributed by atoms with Crippen LogP contribution in [0.4, 0.5) is 5.82 Å². The lowest BCUT2D eigenvalue weighted by Crippen LogP contribution is -2.32. The molecular formula is C10H17N5O4. The summed E-state index contributed by atoms with van der Waals surface area (Å²) in [6.07, 6.45) is 3.31. The molecule has 1 unspecified atom stereocenters. The van der Waals surface area contributed by atoms with Crippen LogP contribution in [0.15, 0.2) is 18.6 Å². The van der Waals surface area contributed by atoms with Gasteiger partial charge in [-0.05, 0) is 4.92 Å². The lowest BCUT2D eigenvalue weighted by Gasteiger charge is -2.15. The van der Waals surface area contributed by atoms with Crippen molar-refractivity contribution in [3.8, 4) is 0 Å². The van der Waals surface area contributed by atoms with Crippen molar-refractivity contribution < 1.29 is 14.8 Å². The van der Waals surface area contributed by atoms with E-state index in [1.807, 2.05) is 0 Å². The Morgan fingerprint density at radius 2 is 2.53 bits per heavy atom. The minimum atomic E-state index is -0.609. The number of imidazole rings is 1. The van der Waals surface area contributed by atoms with Crippen LogP contribution < -0.4 is 11.1 Å². The number of aliphatic hydroxyl groups excluding tert-OH is 1. The SMILES string of the molecule is Cc1ncc([N+](=O)[O-])n1CCOC(CO)N/C=C\N. The molecule has 0 aromatic carbocycles. The van der Waals surface area contributed by atoms with E-state index in [-0.39, 0.29) is 25.6 Å². The van der Waals surface area contributed by atoms with Gasteiger partial charge in [0, 0.05) is 19.3 Å². The number of nitro groups is 1. The Morgan fingerprint density at radius 1 is 1.79 bits per heavy atom. The van der Waals surface area contributed by atoms with Gasteiger partial charge in [0.15, 0.2) is 12.1 Å². The average Bonchev–Trinajstić information content (AvgIpc) is 2.75. The third-order valence-electron chi connectivity index (χ3n) is 2.40. The van der Waals surface area contributed by atoms with Crippen molar-refractivity contribution in [1.29, 1.82) is 0 Å². The molecular weight excluding hydrogens is 254 g/mol. The Morgan fingerprint density at radius 3 is 3.11 bits per heavy atom. The summed E-state index contributed by atoms with van der Waals surface area (Å²) in [7, 11) is 0. The summed E-state index contributed by atoms with van der Waals surface area (Å²) in [5.41, 5.74) is 5.14. The molecule has 9 nitrogen and oxygen atoms in total. The lowest BCUT2D eigenvalue weighted by molar-refractivity contribution is -0.392. The number of aromatic nitrogens is 2. The molecule has 0 saturated carbocycles. The molecule has 106 valence electrons. The highest BCUT2D eigenvalue weighted by molar-refractivity contribution is 5.18. The van der Waals surface area contributed by atoms with Crippen molar-refractivity contribution in [3.05, 3.63) is 34.5 Å². The molecule has 0 aliphatic heterocycles. The van der Waals surface area contributed by atoms with Crippen LogP contribution in [-0.2, 0) is 11.3 Å². The summed E-state index contributed by atoms with van der Waals surface area (Å²) in [4.78, 5) is 14.1. The van der Waals surface area contributed by atoms with Gasteiger partial charge in [0.1, 0.15) is 12.7 Å². The van der Waals surface area contributed by atoms with Gasteiger partial charge in [-0.25, -0.2) is 9.55 Å². The van der Waals surface area contributed by atoms with Crippen LogP contribution in [0, 0.1) is 17.0 Å². The van der Waals surface area contributed by atoms with Gasteiger partial charge < -0.3 is 31.0 Å². The van der Waals surface area contributed by atoms with Gasteiger partial charge in [0.2, 0.25) is 0 Å². The maximum Gasteiger partial charge on any atom is 0.342 e. The van der Waals surface area contributed by atoms with Crippen LogP contribution in [0.2, 0.25) is 0 Å². The van der Waals surface area contributed by atoms with E-state index in [0.29, 0.717) is 5.82 Å². The van der Waals surface area contributed by atoms with Crippen LogP contribution in [0.1, 0.15) is 5.82 Å². The molecule has 0 saturated heterocycles. The minimum Gasteiger partial charge on any atom is -0.403 e. The van der Waals surface area contributed by atoms with E-state index in [1.165, 1.54) is 23.2 Å². The topological polar surface area (TPSA) is 128 Å². The molecule has 0 radical (unpaired) electrons. The quantitative estimate of drug-likeness (QED) is 0.329. The summed E-state index contributed by atoms with van der Waals surface area (Å²) < 4.78 is 6.75. The first-order chi connectivity index (χ1) is 9.10. The van der Waals surface area contributed by atoms with Gasteiger partial charge in [0.05, 0.1) is 13.2 Å². The van der Waals surface area contributed by atoms with Gasteiger partial charge >= 0.3 is 5.82 Å². The Bertz CT molecular complexity index is 445. The van der Waals surface area contributed by atoms with Crippen LogP contribution >= 0.6 is 0 Å². The zero-order valence-electron chi connectivity index (χ0n) is 10.5. The predicted octanol–water partition coefficient (Wildman–Crippen LogP) is -0.546. The molecule has 0 bridgehead atoms. The molecule has 0 aliphatic carbocycles. The smallest absolute Gasteiger partial charge is 0.342 e. The molecule has 1 heterocycles. The fourth-order valence-electron chi connectivity index (χ4n) is 1.48. The lowest BCUT2D eigenvalue weighted by atomic mass is 10.5. The Hall–Kier alpha value is -2.13. The zero-order chi connectivity index (χ0) is 14.3. The standard InChI is InChI=1S/C10H17N5O4/c1-8-13-6-10(15(17)18)14(8)4-5-19-9(7-16)12-3-2-11/h2-3,6,9,12,16H,4-5,7,11H2,1H3/b3-2-. The second-order valence-electron chi connectivity index (χ2n) is 3.64. The van der Waals surface area contributed by atoms with Crippen molar-refractivity contribution >= 4 is 5.82 Å². The summed E-state index contributed by atoms with van der Waals surface area (Å²) in [5, 5.41) is 22.5. The average molecular weight is 271 g/mol. The molecule has 0 amide bonds. The van der Waals surface area contributed by atoms with Crippen molar-refractivity contribution in [2.24, 2.45) is 5.73 Å². The maximum absolute atomic E-state index is 10.8. The minimum absolute atomic E-state index is 0.0866. The number of aryl methyl sites for hydroxylation is 1. The van der Waals surface area contributed by atoms with Crippen molar-refractivity contribution in [2.75, 3.05) is 13.2 Å². The molecule has 0 fully saturated rings. The number of nitrogens with one attached hydrogen (secondary N) is 1. The van der Waals surface area contributed by atoms with Gasteiger partial charge in [-0.15, -0.1) is 0 Å². The van der Waals surface area contributed by atoms with E-state index in [9.17, 15) is 10.1 Å². The fraction of sp³-hybridized carbons (Fsp3) is 0.500. The summed E-state index contributed by atoms with van der Waals surface area (Å²) in [6.45, 7) is 1.89. The first-order valence-corrected chi connectivity index (χ1v) is 5.62. The van der Waals surface area contributed by atoms with Gasteiger partial charge in [0.25, 0.3) is 0 Å². The Labute approximate surface area is 109 Å². The van der Waals surface area contributed by atoms with Crippen LogP contribution in [0.25, 0.3) is 0 Å². The zero-order valence-corrected chi connectivity index (χ0v) is 10.5. The van der Waals surface area contributed by atoms with E-state index in [2.05, 4.69) is 10.3 Å². The van der Waals surface area contributed by atoms with Crippen molar-refractivity contribution in [2.45, 2.75) is 19.7 Å². The summed E-state index contributed by atoms with van der Waals surface area (Å²) in [5.74, 6) is 0.446. The molecule has 19 heavy (non-hydrogen) atoms. The molecule has 1 aromatic rings. The largest absolute Gasteiger partial charge is 0.403 e. The first-order valence-electron chi connectivity index (χ1n) is 5.62. The van der Waals surface area contributed by atoms with E-state index in [1.54, 1.807) is 6.92 Å². The number of nitrogens with zero attached hydrogens (tertiary/aromatic N) is 3.